The Bertz CT molecular complexity index is 297. The molecule has 3 N–H and O–H groups in total. The second-order valence-corrected chi connectivity index (χ2v) is 6.82. The Morgan fingerprint density at radius 1 is 1.17 bits per heavy atom. The van der Waals surface area contributed by atoms with Crippen LogP contribution >= 0.6 is 0 Å². The van der Waals surface area contributed by atoms with Gasteiger partial charge in [-0.25, -0.2) is 5.01 Å². The van der Waals surface area contributed by atoms with Gasteiger partial charge >= 0.3 is 0 Å². The first-order chi connectivity index (χ1) is 8.07. The first-order valence-electron chi connectivity index (χ1n) is 6.95. The zero-order valence-corrected chi connectivity index (χ0v) is 12.7. The summed E-state index contributed by atoms with van der Waals surface area (Å²) in [6.45, 7) is 11.9. The molecule has 1 aliphatic heterocycles. The SMILES string of the molecule is CC1CCCC(C)N1NC(=O)C(C)(C)C(C)(C)N. The predicted molar refractivity (Wildman–Crippen MR) is 74.8 cm³/mol. The lowest BCUT2D eigenvalue weighted by atomic mass is 9.74. The third-order valence-electron chi connectivity index (χ3n) is 4.60. The highest BCUT2D eigenvalue weighted by Gasteiger charge is 2.42. The quantitative estimate of drug-likeness (QED) is 0.811. The Balaban J connectivity index is 2.75. The van der Waals surface area contributed by atoms with Gasteiger partial charge in [-0.15, -0.1) is 0 Å². The highest BCUT2D eigenvalue weighted by molar-refractivity contribution is 5.82. The Labute approximate surface area is 111 Å². The summed E-state index contributed by atoms with van der Waals surface area (Å²) in [6.07, 6.45) is 3.51. The smallest absolute Gasteiger partial charge is 0.241 e. The van der Waals surface area contributed by atoms with Crippen LogP contribution < -0.4 is 11.2 Å². The van der Waals surface area contributed by atoms with E-state index < -0.39 is 11.0 Å². The first-order valence-corrected chi connectivity index (χ1v) is 6.95. The summed E-state index contributed by atoms with van der Waals surface area (Å²) >= 11 is 0. The van der Waals surface area contributed by atoms with Gasteiger partial charge in [0.15, 0.2) is 0 Å². The molecular formula is C14H29N3O. The normalized spacial score (nSPS) is 27.1. The van der Waals surface area contributed by atoms with Crippen LogP contribution in [0.4, 0.5) is 0 Å². The van der Waals surface area contributed by atoms with Gasteiger partial charge in [-0.1, -0.05) is 6.42 Å². The molecular weight excluding hydrogens is 226 g/mol. The van der Waals surface area contributed by atoms with Gasteiger partial charge in [0, 0.05) is 17.6 Å². The molecule has 0 aromatic heterocycles. The number of hydrogen-bond acceptors (Lipinski definition) is 3. The van der Waals surface area contributed by atoms with Crippen LogP contribution in [0.5, 0.6) is 0 Å². The highest BCUT2D eigenvalue weighted by Crippen LogP contribution is 2.29. The zero-order chi connectivity index (χ0) is 14.1. The standard InChI is InChI=1S/C14H29N3O/c1-10-8-7-9-11(2)17(10)16-12(18)13(3,4)14(5,6)15/h10-11H,7-9,15H2,1-6H3,(H,16,18). The molecule has 0 spiro atoms. The molecule has 0 radical (unpaired) electrons. The second-order valence-electron chi connectivity index (χ2n) is 6.82. The van der Waals surface area contributed by atoms with Gasteiger partial charge in [0.1, 0.15) is 0 Å². The topological polar surface area (TPSA) is 58.4 Å². The van der Waals surface area contributed by atoms with Crippen LogP contribution in [0.1, 0.15) is 60.8 Å². The van der Waals surface area contributed by atoms with Crippen molar-refractivity contribution in [1.29, 1.82) is 0 Å². The van der Waals surface area contributed by atoms with E-state index in [-0.39, 0.29) is 5.91 Å². The van der Waals surface area contributed by atoms with Crippen molar-refractivity contribution in [2.45, 2.75) is 78.4 Å². The summed E-state index contributed by atoms with van der Waals surface area (Å²) in [6, 6.07) is 0.795. The number of amides is 1. The average molecular weight is 255 g/mol. The molecule has 1 saturated heterocycles. The van der Waals surface area contributed by atoms with Gasteiger partial charge in [-0.05, 0) is 54.4 Å². The van der Waals surface area contributed by atoms with E-state index in [4.69, 9.17) is 5.73 Å². The minimum Gasteiger partial charge on any atom is -0.325 e. The number of hydrazine groups is 1. The van der Waals surface area contributed by atoms with E-state index in [0.717, 1.165) is 12.8 Å². The minimum atomic E-state index is -0.593. The maximum Gasteiger partial charge on any atom is 0.241 e. The summed E-state index contributed by atoms with van der Waals surface area (Å²) < 4.78 is 0. The molecule has 1 heterocycles. The van der Waals surface area contributed by atoms with E-state index in [2.05, 4.69) is 24.3 Å². The molecule has 0 aromatic carbocycles. The fourth-order valence-corrected chi connectivity index (χ4v) is 2.19. The van der Waals surface area contributed by atoms with Crippen LogP contribution in [0.15, 0.2) is 0 Å². The molecule has 4 heteroatoms. The molecule has 0 bridgehead atoms. The summed E-state index contributed by atoms with van der Waals surface area (Å²) in [4.78, 5) is 12.4. The summed E-state index contributed by atoms with van der Waals surface area (Å²) in [7, 11) is 0. The molecule has 1 aliphatic rings. The van der Waals surface area contributed by atoms with Crippen molar-refractivity contribution in [2.24, 2.45) is 11.1 Å². The van der Waals surface area contributed by atoms with Crippen LogP contribution in [0.3, 0.4) is 0 Å². The van der Waals surface area contributed by atoms with Gasteiger partial charge in [0.25, 0.3) is 0 Å². The molecule has 18 heavy (non-hydrogen) atoms. The van der Waals surface area contributed by atoms with Gasteiger partial charge in [0.2, 0.25) is 5.91 Å². The van der Waals surface area contributed by atoms with Crippen molar-refractivity contribution in [3.05, 3.63) is 0 Å². The molecule has 2 atom stereocenters. The van der Waals surface area contributed by atoms with E-state index >= 15 is 0 Å². The summed E-state index contributed by atoms with van der Waals surface area (Å²) in [5.41, 5.74) is 8.05. The molecule has 1 rings (SSSR count). The third-order valence-corrected chi connectivity index (χ3v) is 4.60. The Morgan fingerprint density at radius 2 is 1.61 bits per heavy atom. The van der Waals surface area contributed by atoms with Gasteiger partial charge in [0.05, 0.1) is 5.41 Å². The zero-order valence-electron chi connectivity index (χ0n) is 12.7. The molecule has 0 aliphatic carbocycles. The van der Waals surface area contributed by atoms with Crippen LogP contribution in [0.25, 0.3) is 0 Å². The number of nitrogens with one attached hydrogen (secondary N) is 1. The number of piperidine rings is 1. The Hall–Kier alpha value is -0.610. The van der Waals surface area contributed by atoms with Crippen molar-refractivity contribution in [3.8, 4) is 0 Å². The molecule has 1 amide bonds. The fraction of sp³-hybridized carbons (Fsp3) is 0.929. The fourth-order valence-electron chi connectivity index (χ4n) is 2.19. The largest absolute Gasteiger partial charge is 0.325 e. The third kappa shape index (κ3) is 3.04. The van der Waals surface area contributed by atoms with E-state index in [9.17, 15) is 4.79 Å². The molecule has 0 aromatic rings. The van der Waals surface area contributed by atoms with E-state index in [0.29, 0.717) is 12.1 Å². The Kier molecular flexibility index (Phi) is 4.44. The van der Waals surface area contributed by atoms with Crippen molar-refractivity contribution in [2.75, 3.05) is 0 Å². The number of hydrogen-bond donors (Lipinski definition) is 2. The molecule has 2 unspecified atom stereocenters. The second kappa shape index (κ2) is 5.17. The average Bonchev–Trinajstić information content (AvgIpc) is 2.21. The van der Waals surface area contributed by atoms with Crippen LogP contribution in [0.2, 0.25) is 0 Å². The predicted octanol–water partition coefficient (Wildman–Crippen LogP) is 2.04. The van der Waals surface area contributed by atoms with Crippen molar-refractivity contribution in [3.63, 3.8) is 0 Å². The van der Waals surface area contributed by atoms with Crippen LogP contribution in [-0.4, -0.2) is 28.5 Å². The van der Waals surface area contributed by atoms with E-state index in [1.54, 1.807) is 0 Å². The number of rotatable bonds is 3. The molecule has 0 saturated carbocycles. The molecule has 1 fully saturated rings. The van der Waals surface area contributed by atoms with Gasteiger partial charge in [-0.2, -0.15) is 0 Å². The Morgan fingerprint density at radius 3 is 2.00 bits per heavy atom. The lowest BCUT2D eigenvalue weighted by Crippen LogP contribution is -2.62. The van der Waals surface area contributed by atoms with E-state index in [1.807, 2.05) is 27.7 Å². The first kappa shape index (κ1) is 15.4. The summed E-state index contributed by atoms with van der Waals surface area (Å²) in [5.74, 6) is 0.00981. The van der Waals surface area contributed by atoms with Crippen molar-refractivity contribution >= 4 is 5.91 Å². The summed E-state index contributed by atoms with van der Waals surface area (Å²) in [5, 5.41) is 2.10. The van der Waals surface area contributed by atoms with Gasteiger partial charge < -0.3 is 5.73 Å². The number of carbonyl (C=O) groups excluding carboxylic acids is 1. The van der Waals surface area contributed by atoms with Crippen LogP contribution in [0, 0.1) is 5.41 Å². The lowest BCUT2D eigenvalue weighted by molar-refractivity contribution is -0.141. The number of nitrogens with zero attached hydrogens (tertiary/aromatic N) is 1. The maximum absolute atomic E-state index is 12.4. The van der Waals surface area contributed by atoms with Gasteiger partial charge in [-0.3, -0.25) is 10.2 Å². The highest BCUT2D eigenvalue weighted by atomic mass is 16.2. The lowest BCUT2D eigenvalue weighted by Gasteiger charge is -2.43. The maximum atomic E-state index is 12.4. The number of carbonyl (C=O) groups is 1. The molecule has 106 valence electrons. The van der Waals surface area contributed by atoms with Crippen molar-refractivity contribution < 1.29 is 4.79 Å². The monoisotopic (exact) mass is 255 g/mol. The van der Waals surface area contributed by atoms with Crippen LogP contribution in [-0.2, 0) is 4.79 Å². The molecule has 4 nitrogen and oxygen atoms in total. The van der Waals surface area contributed by atoms with Crippen molar-refractivity contribution in [1.82, 2.24) is 10.4 Å². The minimum absolute atomic E-state index is 0.00981. The van der Waals surface area contributed by atoms with E-state index in [1.165, 1.54) is 6.42 Å². The number of nitrogens with two attached hydrogens (primary N) is 1.